The molecule has 2 saturated heterocycles. The predicted molar refractivity (Wildman–Crippen MR) is 164 cm³/mol. The van der Waals surface area contributed by atoms with Crippen molar-refractivity contribution in [2.24, 2.45) is 11.8 Å². The highest BCUT2D eigenvalue weighted by atomic mass is 35.5. The lowest BCUT2D eigenvalue weighted by atomic mass is 9.79. The number of rotatable bonds is 6. The van der Waals surface area contributed by atoms with Gasteiger partial charge in [0.25, 0.3) is 0 Å². The predicted octanol–water partition coefficient (Wildman–Crippen LogP) is 6.79. The van der Waals surface area contributed by atoms with Crippen LogP contribution in [0, 0.1) is 11.8 Å². The summed E-state index contributed by atoms with van der Waals surface area (Å²) in [6, 6.07) is 10.5. The Labute approximate surface area is 238 Å². The zero-order valence-corrected chi connectivity index (χ0v) is 24.6. The van der Waals surface area contributed by atoms with Crippen molar-refractivity contribution in [2.45, 2.75) is 77.0 Å². The number of nitrogens with zero attached hydrogens (tertiary/aromatic N) is 4. The fourth-order valence-corrected chi connectivity index (χ4v) is 7.14. The number of piperidine rings is 1. The average Bonchev–Trinajstić information content (AvgIpc) is 3.21. The lowest BCUT2D eigenvalue weighted by Gasteiger charge is -2.36. The number of nitrogens with one attached hydrogen (secondary N) is 2. The summed E-state index contributed by atoms with van der Waals surface area (Å²) in [6.45, 7) is 9.63. The van der Waals surface area contributed by atoms with Crippen molar-refractivity contribution in [3.8, 4) is 0 Å². The normalized spacial score (nSPS) is 23.7. The molecule has 1 saturated carbocycles. The maximum absolute atomic E-state index is 6.36. The molecule has 0 unspecified atom stereocenters. The Kier molecular flexibility index (Phi) is 8.94. The van der Waals surface area contributed by atoms with E-state index in [4.69, 9.17) is 33.8 Å². The highest BCUT2D eigenvalue weighted by Gasteiger charge is 2.36. The SMILES string of the molecule is C[C@@H]1C[C@H](C)CN(c2cc(N3CCCCCC3)nc(NC(=S)NCC3(c4cccc(Cl)c4)CCCC3)n2)C1. The van der Waals surface area contributed by atoms with Crippen molar-refractivity contribution in [3.05, 3.63) is 40.9 Å². The van der Waals surface area contributed by atoms with Gasteiger partial charge in [0.2, 0.25) is 5.95 Å². The Hall–Kier alpha value is -2.12. The van der Waals surface area contributed by atoms with E-state index in [-0.39, 0.29) is 5.41 Å². The van der Waals surface area contributed by atoms with E-state index in [1.54, 1.807) is 0 Å². The van der Waals surface area contributed by atoms with Crippen molar-refractivity contribution in [1.82, 2.24) is 15.3 Å². The second-order valence-electron chi connectivity index (χ2n) is 12.0. The van der Waals surface area contributed by atoms with Crippen molar-refractivity contribution >= 4 is 46.5 Å². The van der Waals surface area contributed by atoms with Crippen LogP contribution in [0.5, 0.6) is 0 Å². The van der Waals surface area contributed by atoms with E-state index < -0.39 is 0 Å². The van der Waals surface area contributed by atoms with Crippen LogP contribution in [0.15, 0.2) is 30.3 Å². The molecule has 206 valence electrons. The van der Waals surface area contributed by atoms with Gasteiger partial charge in [0, 0.05) is 49.2 Å². The number of benzene rings is 1. The van der Waals surface area contributed by atoms with Gasteiger partial charge in [0.1, 0.15) is 11.6 Å². The standard InChI is InChI=1S/C30H43ClN6S/c1-22-16-23(2)20-37(19-22)27-18-26(36-14-7-3-4-8-15-36)33-28(34-27)35-29(38)32-21-30(12-5-6-13-30)24-10-9-11-25(31)17-24/h9-11,17-18,22-23H,3-8,12-16,19-21H2,1-2H3,(H2,32,33,34,35,38)/t22-,23+. The largest absolute Gasteiger partial charge is 0.361 e. The van der Waals surface area contributed by atoms with E-state index in [0.29, 0.717) is 22.9 Å². The second kappa shape index (κ2) is 12.4. The molecule has 0 amide bonds. The van der Waals surface area contributed by atoms with Crippen LogP contribution in [0.1, 0.15) is 77.2 Å². The second-order valence-corrected chi connectivity index (χ2v) is 12.8. The molecule has 3 heterocycles. The fraction of sp³-hybridized carbons (Fsp3) is 0.633. The maximum Gasteiger partial charge on any atom is 0.232 e. The molecule has 3 fully saturated rings. The third-order valence-corrected chi connectivity index (χ3v) is 9.11. The van der Waals surface area contributed by atoms with Crippen molar-refractivity contribution in [2.75, 3.05) is 47.8 Å². The molecule has 0 bridgehead atoms. The summed E-state index contributed by atoms with van der Waals surface area (Å²) >= 11 is 12.2. The van der Waals surface area contributed by atoms with Gasteiger partial charge in [-0.1, -0.05) is 63.3 Å². The summed E-state index contributed by atoms with van der Waals surface area (Å²) in [5, 5.41) is 8.26. The van der Waals surface area contributed by atoms with Crippen LogP contribution in [0.4, 0.5) is 17.6 Å². The average molecular weight is 555 g/mol. The molecule has 2 N–H and O–H groups in total. The van der Waals surface area contributed by atoms with E-state index in [0.717, 1.165) is 62.2 Å². The van der Waals surface area contributed by atoms with Gasteiger partial charge in [-0.25, -0.2) is 0 Å². The van der Waals surface area contributed by atoms with E-state index >= 15 is 0 Å². The molecule has 0 radical (unpaired) electrons. The first kappa shape index (κ1) is 27.4. The third kappa shape index (κ3) is 6.71. The molecule has 8 heteroatoms. The number of anilines is 3. The van der Waals surface area contributed by atoms with Gasteiger partial charge < -0.3 is 20.4 Å². The molecule has 1 aromatic heterocycles. The van der Waals surface area contributed by atoms with Gasteiger partial charge in [-0.05, 0) is 73.9 Å². The van der Waals surface area contributed by atoms with Gasteiger partial charge in [0.05, 0.1) is 0 Å². The highest BCUT2D eigenvalue weighted by Crippen LogP contribution is 2.41. The molecule has 6 nitrogen and oxygen atoms in total. The molecule has 1 aromatic carbocycles. The minimum Gasteiger partial charge on any atom is -0.361 e. The van der Waals surface area contributed by atoms with Crippen LogP contribution in [-0.2, 0) is 5.41 Å². The van der Waals surface area contributed by atoms with Crippen LogP contribution in [-0.4, -0.2) is 47.8 Å². The zero-order chi connectivity index (χ0) is 26.5. The van der Waals surface area contributed by atoms with Crippen molar-refractivity contribution in [1.29, 1.82) is 0 Å². The van der Waals surface area contributed by atoms with E-state index in [9.17, 15) is 0 Å². The lowest BCUT2D eigenvalue weighted by molar-refractivity contribution is 0.355. The number of hydrogen-bond acceptors (Lipinski definition) is 5. The molecule has 2 aromatic rings. The first-order valence-corrected chi connectivity index (χ1v) is 15.4. The quantitative estimate of drug-likeness (QED) is 0.381. The highest BCUT2D eigenvalue weighted by molar-refractivity contribution is 7.80. The Bertz CT molecular complexity index is 1090. The van der Waals surface area contributed by atoms with Crippen LogP contribution >= 0.6 is 23.8 Å². The van der Waals surface area contributed by atoms with Gasteiger partial charge in [-0.3, -0.25) is 0 Å². The molecule has 1 aliphatic carbocycles. The van der Waals surface area contributed by atoms with Crippen LogP contribution in [0.25, 0.3) is 0 Å². The van der Waals surface area contributed by atoms with E-state index in [2.05, 4.69) is 58.5 Å². The molecular weight excluding hydrogens is 512 g/mol. The third-order valence-electron chi connectivity index (χ3n) is 8.63. The number of hydrogen-bond donors (Lipinski definition) is 2. The molecule has 2 aliphatic heterocycles. The number of halogens is 1. The Morgan fingerprint density at radius 2 is 1.61 bits per heavy atom. The summed E-state index contributed by atoms with van der Waals surface area (Å²) in [5.41, 5.74) is 1.35. The Morgan fingerprint density at radius 3 is 2.26 bits per heavy atom. The van der Waals surface area contributed by atoms with Gasteiger partial charge in [-0.2, -0.15) is 9.97 Å². The first-order chi connectivity index (χ1) is 18.4. The van der Waals surface area contributed by atoms with Crippen molar-refractivity contribution in [3.63, 3.8) is 0 Å². The van der Waals surface area contributed by atoms with E-state index in [1.165, 1.54) is 50.5 Å². The Morgan fingerprint density at radius 1 is 0.947 bits per heavy atom. The van der Waals surface area contributed by atoms with Gasteiger partial charge in [-0.15, -0.1) is 0 Å². The summed E-state index contributed by atoms with van der Waals surface area (Å²) in [5.74, 6) is 3.92. The van der Waals surface area contributed by atoms with Gasteiger partial charge in [0.15, 0.2) is 5.11 Å². The fourth-order valence-electron chi connectivity index (χ4n) is 6.78. The van der Waals surface area contributed by atoms with Crippen LogP contribution in [0.2, 0.25) is 5.02 Å². The molecule has 0 spiro atoms. The number of aromatic nitrogens is 2. The molecule has 5 rings (SSSR count). The summed E-state index contributed by atoms with van der Waals surface area (Å²) in [4.78, 5) is 14.8. The molecule has 2 atom stereocenters. The summed E-state index contributed by atoms with van der Waals surface area (Å²) in [6.07, 6.45) is 11.0. The topological polar surface area (TPSA) is 56.3 Å². The summed E-state index contributed by atoms with van der Waals surface area (Å²) < 4.78 is 0. The van der Waals surface area contributed by atoms with Crippen LogP contribution < -0.4 is 20.4 Å². The molecular formula is C30H43ClN6S. The monoisotopic (exact) mass is 554 g/mol. The zero-order valence-electron chi connectivity index (χ0n) is 23.0. The first-order valence-electron chi connectivity index (χ1n) is 14.6. The van der Waals surface area contributed by atoms with Crippen molar-refractivity contribution < 1.29 is 0 Å². The maximum atomic E-state index is 6.36. The lowest BCUT2D eigenvalue weighted by Crippen LogP contribution is -2.41. The molecule has 3 aliphatic rings. The minimum absolute atomic E-state index is 0.0522. The number of thiocarbonyl (C=S) groups is 1. The van der Waals surface area contributed by atoms with Crippen LogP contribution in [0.3, 0.4) is 0 Å². The molecule has 38 heavy (non-hydrogen) atoms. The van der Waals surface area contributed by atoms with Gasteiger partial charge >= 0.3 is 0 Å². The summed E-state index contributed by atoms with van der Waals surface area (Å²) in [7, 11) is 0. The minimum atomic E-state index is 0.0522. The van der Waals surface area contributed by atoms with E-state index in [1.807, 2.05) is 6.07 Å². The Balaban J connectivity index is 1.34. The smallest absolute Gasteiger partial charge is 0.232 e.